The molecule has 1 aliphatic rings. The fourth-order valence-corrected chi connectivity index (χ4v) is 3.62. The summed E-state index contributed by atoms with van der Waals surface area (Å²) in [6.45, 7) is 3.56. The highest BCUT2D eigenvalue weighted by molar-refractivity contribution is 5.83. The van der Waals surface area contributed by atoms with Crippen molar-refractivity contribution in [2.45, 2.75) is 44.6 Å². The van der Waals surface area contributed by atoms with Crippen molar-refractivity contribution in [3.05, 3.63) is 35.8 Å². The van der Waals surface area contributed by atoms with Gasteiger partial charge in [0.05, 0.1) is 0 Å². The number of hydrogen-bond acceptors (Lipinski definition) is 2. The van der Waals surface area contributed by atoms with Crippen molar-refractivity contribution in [1.82, 2.24) is 15.2 Å². The number of nitrogens with zero attached hydrogens (tertiary/aromatic N) is 1. The van der Waals surface area contributed by atoms with Crippen LogP contribution >= 0.6 is 0 Å². The van der Waals surface area contributed by atoms with Gasteiger partial charge in [0.25, 0.3) is 0 Å². The number of nitrogens with one attached hydrogen (secondary N) is 2. The maximum atomic E-state index is 13.3. The van der Waals surface area contributed by atoms with Crippen LogP contribution in [-0.2, 0) is 0 Å². The summed E-state index contributed by atoms with van der Waals surface area (Å²) in [4.78, 5) is 17.3. The number of carbonyl (C=O) groups is 1. The second-order valence-electron chi connectivity index (χ2n) is 6.91. The van der Waals surface area contributed by atoms with Gasteiger partial charge < -0.3 is 20.3 Å². The number of aliphatic hydroxyl groups excluding tert-OH is 1. The lowest BCUT2D eigenvalue weighted by Crippen LogP contribution is -2.46. The molecule has 1 unspecified atom stereocenters. The normalized spacial score (nSPS) is 17.0. The van der Waals surface area contributed by atoms with Gasteiger partial charge in [-0.15, -0.1) is 0 Å². The van der Waals surface area contributed by atoms with Crippen LogP contribution < -0.4 is 5.32 Å². The summed E-state index contributed by atoms with van der Waals surface area (Å²) in [5, 5.41) is 12.9. The van der Waals surface area contributed by atoms with Crippen molar-refractivity contribution in [3.63, 3.8) is 0 Å². The van der Waals surface area contributed by atoms with E-state index < -0.39 is 0 Å². The first-order valence-electron chi connectivity index (χ1n) is 9.01. The summed E-state index contributed by atoms with van der Waals surface area (Å²) < 4.78 is 13.3. The van der Waals surface area contributed by atoms with E-state index in [-0.39, 0.29) is 24.5 Å². The smallest absolute Gasteiger partial charge is 0.317 e. The van der Waals surface area contributed by atoms with Crippen LogP contribution in [-0.4, -0.2) is 46.8 Å². The van der Waals surface area contributed by atoms with Crippen molar-refractivity contribution in [3.8, 4) is 0 Å². The number of halogens is 1. The van der Waals surface area contributed by atoms with Crippen LogP contribution in [0.15, 0.2) is 24.4 Å². The van der Waals surface area contributed by atoms with Gasteiger partial charge >= 0.3 is 6.03 Å². The predicted molar refractivity (Wildman–Crippen MR) is 96.1 cm³/mol. The van der Waals surface area contributed by atoms with Gasteiger partial charge in [0.15, 0.2) is 0 Å². The van der Waals surface area contributed by atoms with E-state index in [4.69, 9.17) is 5.11 Å². The molecule has 1 saturated heterocycles. The van der Waals surface area contributed by atoms with Gasteiger partial charge in [-0.3, -0.25) is 0 Å². The zero-order valence-corrected chi connectivity index (χ0v) is 14.6. The average Bonchev–Trinajstić information content (AvgIpc) is 3.03. The first-order valence-corrected chi connectivity index (χ1v) is 9.01. The van der Waals surface area contributed by atoms with E-state index in [2.05, 4.69) is 10.3 Å². The highest BCUT2D eigenvalue weighted by Crippen LogP contribution is 2.33. The monoisotopic (exact) mass is 347 g/mol. The maximum Gasteiger partial charge on any atom is 0.317 e. The second-order valence-corrected chi connectivity index (χ2v) is 6.91. The Hall–Kier alpha value is -2.08. The van der Waals surface area contributed by atoms with Gasteiger partial charge in [-0.2, -0.15) is 0 Å². The number of carbonyl (C=O) groups excluding carboxylic acids is 1. The molecular weight excluding hydrogens is 321 g/mol. The molecule has 0 saturated carbocycles. The molecule has 1 aromatic heterocycles. The largest absolute Gasteiger partial charge is 0.396 e. The fraction of sp³-hybridized carbons (Fsp3) is 0.526. The van der Waals surface area contributed by atoms with Crippen LogP contribution in [0.25, 0.3) is 10.9 Å². The molecule has 3 rings (SSSR count). The molecule has 0 aliphatic carbocycles. The summed E-state index contributed by atoms with van der Waals surface area (Å²) in [6, 6.07) is 4.90. The van der Waals surface area contributed by atoms with Gasteiger partial charge in [0, 0.05) is 42.8 Å². The Labute approximate surface area is 147 Å². The zero-order valence-electron chi connectivity index (χ0n) is 14.6. The molecular formula is C19H26FN3O2. The average molecular weight is 347 g/mol. The minimum Gasteiger partial charge on any atom is -0.396 e. The zero-order chi connectivity index (χ0) is 17.8. The Morgan fingerprint density at radius 2 is 2.20 bits per heavy atom. The van der Waals surface area contributed by atoms with Crippen molar-refractivity contribution in [1.29, 1.82) is 0 Å². The molecule has 2 aromatic rings. The first-order chi connectivity index (χ1) is 12.1. The second kappa shape index (κ2) is 7.87. The molecule has 0 spiro atoms. The lowest BCUT2D eigenvalue weighted by Gasteiger charge is -2.33. The molecule has 6 heteroatoms. The lowest BCUT2D eigenvalue weighted by atomic mass is 9.89. The number of fused-ring (bicyclic) bond motifs is 1. The number of hydrogen-bond donors (Lipinski definition) is 3. The quantitative estimate of drug-likeness (QED) is 0.776. The molecule has 0 bridgehead atoms. The summed E-state index contributed by atoms with van der Waals surface area (Å²) in [6.07, 6.45) is 5.27. The van der Waals surface area contributed by atoms with E-state index in [0.717, 1.165) is 43.3 Å². The minimum absolute atomic E-state index is 0.0233. The Morgan fingerprint density at radius 3 is 2.92 bits per heavy atom. The summed E-state index contributed by atoms with van der Waals surface area (Å²) in [5.74, 6) is 0.151. The topological polar surface area (TPSA) is 68.4 Å². The number of aliphatic hydroxyl groups is 1. The predicted octanol–water partition coefficient (Wildman–Crippen LogP) is 3.36. The van der Waals surface area contributed by atoms with Gasteiger partial charge in [0.1, 0.15) is 5.82 Å². The number of likely N-dealkylation sites (tertiary alicyclic amines) is 1. The van der Waals surface area contributed by atoms with Crippen LogP contribution in [0.2, 0.25) is 0 Å². The van der Waals surface area contributed by atoms with E-state index >= 15 is 0 Å². The fourth-order valence-electron chi connectivity index (χ4n) is 3.62. The van der Waals surface area contributed by atoms with Crippen molar-refractivity contribution < 1.29 is 14.3 Å². The lowest BCUT2D eigenvalue weighted by molar-refractivity contribution is 0.177. The van der Waals surface area contributed by atoms with E-state index in [1.807, 2.05) is 24.1 Å². The van der Waals surface area contributed by atoms with Crippen LogP contribution in [0.1, 0.15) is 44.1 Å². The number of urea groups is 1. The highest BCUT2D eigenvalue weighted by atomic mass is 19.1. The molecule has 5 nitrogen and oxygen atoms in total. The Bertz CT molecular complexity index is 723. The number of aromatic nitrogens is 1. The Morgan fingerprint density at radius 1 is 1.44 bits per heavy atom. The van der Waals surface area contributed by atoms with E-state index in [0.29, 0.717) is 12.3 Å². The molecule has 2 heterocycles. The third-order valence-corrected chi connectivity index (χ3v) is 5.06. The molecule has 3 N–H and O–H groups in total. The van der Waals surface area contributed by atoms with E-state index in [1.54, 1.807) is 0 Å². The standard InChI is InChI=1S/C19H26FN3O2/c1-13(3-2-10-24)22-19(25)23-8-6-14(7-9-23)17-12-21-18-11-15(20)4-5-16(17)18/h4-5,11-14,21,24H,2-3,6-10H2,1H3,(H,22,25). The number of piperidine rings is 1. The van der Waals surface area contributed by atoms with E-state index in [1.165, 1.54) is 17.7 Å². The van der Waals surface area contributed by atoms with Crippen LogP contribution in [0.5, 0.6) is 0 Å². The third-order valence-electron chi connectivity index (χ3n) is 5.06. The van der Waals surface area contributed by atoms with Crippen LogP contribution in [0.4, 0.5) is 9.18 Å². The van der Waals surface area contributed by atoms with Gasteiger partial charge in [0.2, 0.25) is 0 Å². The minimum atomic E-state index is -0.234. The van der Waals surface area contributed by atoms with Crippen molar-refractivity contribution >= 4 is 16.9 Å². The van der Waals surface area contributed by atoms with Gasteiger partial charge in [-0.05, 0) is 62.3 Å². The third kappa shape index (κ3) is 4.12. The molecule has 0 radical (unpaired) electrons. The molecule has 1 aromatic carbocycles. The maximum absolute atomic E-state index is 13.3. The molecule has 25 heavy (non-hydrogen) atoms. The summed E-state index contributed by atoms with van der Waals surface area (Å²) in [7, 11) is 0. The Kier molecular flexibility index (Phi) is 5.58. The highest BCUT2D eigenvalue weighted by Gasteiger charge is 2.26. The number of rotatable bonds is 5. The summed E-state index contributed by atoms with van der Waals surface area (Å²) >= 11 is 0. The SMILES string of the molecule is CC(CCCO)NC(=O)N1CCC(c2c[nH]c3cc(F)ccc23)CC1. The van der Waals surface area contributed by atoms with Gasteiger partial charge in [-0.25, -0.2) is 9.18 Å². The molecule has 136 valence electrons. The summed E-state index contributed by atoms with van der Waals surface area (Å²) in [5.41, 5.74) is 2.04. The van der Waals surface area contributed by atoms with Crippen LogP contribution in [0.3, 0.4) is 0 Å². The number of aromatic amines is 1. The molecule has 1 fully saturated rings. The molecule has 2 amide bonds. The van der Waals surface area contributed by atoms with Crippen LogP contribution in [0, 0.1) is 5.82 Å². The molecule has 1 aliphatic heterocycles. The molecule has 1 atom stereocenters. The van der Waals surface area contributed by atoms with E-state index in [9.17, 15) is 9.18 Å². The first kappa shape index (κ1) is 17.7. The number of benzene rings is 1. The number of H-pyrrole nitrogens is 1. The van der Waals surface area contributed by atoms with Crippen molar-refractivity contribution in [2.24, 2.45) is 0 Å². The Balaban J connectivity index is 1.57. The van der Waals surface area contributed by atoms with Crippen molar-refractivity contribution in [2.75, 3.05) is 19.7 Å². The number of amides is 2. The van der Waals surface area contributed by atoms with Gasteiger partial charge in [-0.1, -0.05) is 0 Å².